The van der Waals surface area contributed by atoms with Gasteiger partial charge >= 0.3 is 0 Å². The molecule has 0 atom stereocenters. The topological polar surface area (TPSA) is 62.7 Å². The fraction of sp³-hybridized carbons (Fsp3) is 0.167. The second kappa shape index (κ2) is 7.33. The van der Waals surface area contributed by atoms with Crippen molar-refractivity contribution in [3.63, 3.8) is 0 Å². The van der Waals surface area contributed by atoms with E-state index >= 15 is 0 Å². The highest BCUT2D eigenvalue weighted by Crippen LogP contribution is 2.16. The van der Waals surface area contributed by atoms with Crippen LogP contribution in [0.15, 0.2) is 30.6 Å². The molecule has 0 spiro atoms. The molecule has 104 valence electrons. The summed E-state index contributed by atoms with van der Waals surface area (Å²) in [5.41, 5.74) is 0.821. The van der Waals surface area contributed by atoms with Crippen LogP contribution in [0.5, 0.6) is 0 Å². The van der Waals surface area contributed by atoms with Crippen molar-refractivity contribution in [3.8, 4) is 0 Å². The van der Waals surface area contributed by atoms with Crippen LogP contribution in [-0.2, 0) is 6.42 Å². The molecule has 5 nitrogen and oxygen atoms in total. The zero-order valence-electron chi connectivity index (χ0n) is 10.3. The molecule has 0 aliphatic rings. The maximum Gasteiger partial charge on any atom is 0.173 e. The molecule has 20 heavy (non-hydrogen) atoms. The van der Waals surface area contributed by atoms with E-state index in [9.17, 15) is 0 Å². The molecule has 0 unspecified atom stereocenters. The van der Waals surface area contributed by atoms with Gasteiger partial charge in [-0.15, -0.1) is 5.10 Å². The van der Waals surface area contributed by atoms with Gasteiger partial charge in [0, 0.05) is 19.2 Å². The third-order valence-electron chi connectivity index (χ3n) is 2.39. The van der Waals surface area contributed by atoms with Gasteiger partial charge < -0.3 is 10.6 Å². The van der Waals surface area contributed by atoms with Crippen molar-refractivity contribution in [2.45, 2.75) is 6.42 Å². The summed E-state index contributed by atoms with van der Waals surface area (Å²) in [6, 6.07) is 5.23. The van der Waals surface area contributed by atoms with Crippen LogP contribution in [-0.4, -0.2) is 26.8 Å². The monoisotopic (exact) mass is 327 g/mol. The summed E-state index contributed by atoms with van der Waals surface area (Å²) in [4.78, 5) is 4.19. The number of aromatic nitrogens is 3. The number of nitrogens with one attached hydrogen (secondary N) is 2. The lowest BCUT2D eigenvalue weighted by molar-refractivity contribution is 0.847. The summed E-state index contributed by atoms with van der Waals surface area (Å²) >= 11 is 17.1. The van der Waals surface area contributed by atoms with Gasteiger partial charge in [-0.05, 0) is 30.4 Å². The van der Waals surface area contributed by atoms with Crippen LogP contribution in [0.4, 0.5) is 5.82 Å². The third-order valence-corrected chi connectivity index (χ3v) is 3.28. The number of halogens is 2. The van der Waals surface area contributed by atoms with Crippen LogP contribution in [0, 0.1) is 0 Å². The molecule has 8 heteroatoms. The first-order valence-electron chi connectivity index (χ1n) is 5.78. The molecular weight excluding hydrogens is 317 g/mol. The van der Waals surface area contributed by atoms with E-state index in [1.807, 2.05) is 0 Å². The van der Waals surface area contributed by atoms with Crippen molar-refractivity contribution in [3.05, 3.63) is 46.3 Å². The Morgan fingerprint density at radius 2 is 2.05 bits per heavy atom. The highest BCUT2D eigenvalue weighted by Gasteiger charge is 2.05. The minimum Gasteiger partial charge on any atom is -0.362 e. The Morgan fingerprint density at radius 1 is 1.20 bits per heavy atom. The Balaban J connectivity index is 1.82. The maximum atomic E-state index is 6.02. The van der Waals surface area contributed by atoms with Gasteiger partial charge in [0.2, 0.25) is 0 Å². The van der Waals surface area contributed by atoms with E-state index in [0.717, 1.165) is 5.69 Å². The Morgan fingerprint density at radius 3 is 2.80 bits per heavy atom. The van der Waals surface area contributed by atoms with E-state index in [0.29, 0.717) is 33.9 Å². The van der Waals surface area contributed by atoms with Gasteiger partial charge in [-0.2, -0.15) is 5.10 Å². The van der Waals surface area contributed by atoms with Crippen LogP contribution in [0.2, 0.25) is 10.0 Å². The van der Waals surface area contributed by atoms with Crippen LogP contribution < -0.4 is 10.6 Å². The molecule has 0 fully saturated rings. The molecule has 2 aromatic rings. The van der Waals surface area contributed by atoms with Crippen molar-refractivity contribution >= 4 is 46.4 Å². The van der Waals surface area contributed by atoms with E-state index in [2.05, 4.69) is 25.8 Å². The van der Waals surface area contributed by atoms with Crippen LogP contribution >= 0.6 is 35.4 Å². The van der Waals surface area contributed by atoms with E-state index < -0.39 is 0 Å². The molecule has 0 bridgehead atoms. The predicted molar refractivity (Wildman–Crippen MR) is 84.2 cm³/mol. The highest BCUT2D eigenvalue weighted by molar-refractivity contribution is 7.80. The SMILES string of the molecule is S=C(NCCc1ncccc1Cl)Nc1nnccc1Cl. The number of nitrogens with zero attached hydrogens (tertiary/aromatic N) is 3. The van der Waals surface area contributed by atoms with Gasteiger partial charge in [-0.1, -0.05) is 23.2 Å². The average molecular weight is 328 g/mol. The van der Waals surface area contributed by atoms with Crippen molar-refractivity contribution in [2.24, 2.45) is 0 Å². The van der Waals surface area contributed by atoms with Crippen molar-refractivity contribution < 1.29 is 0 Å². The molecule has 0 aliphatic heterocycles. The molecule has 2 aromatic heterocycles. The predicted octanol–water partition coefficient (Wildman–Crippen LogP) is 2.71. The van der Waals surface area contributed by atoms with Gasteiger partial charge in [0.1, 0.15) is 0 Å². The molecule has 2 heterocycles. The molecule has 2 N–H and O–H groups in total. The smallest absolute Gasteiger partial charge is 0.173 e. The van der Waals surface area contributed by atoms with Gasteiger partial charge in [0.05, 0.1) is 21.9 Å². The standard InChI is InChI=1S/C12H11Cl2N5S/c13-8-2-1-5-15-10(8)4-6-16-12(20)18-11-9(14)3-7-17-19-11/h1-3,5,7H,4,6H2,(H2,16,18,19,20). The van der Waals surface area contributed by atoms with Gasteiger partial charge in [0.15, 0.2) is 10.9 Å². The lowest BCUT2D eigenvalue weighted by atomic mass is 10.3. The Kier molecular flexibility index (Phi) is 5.46. The van der Waals surface area contributed by atoms with Crippen molar-refractivity contribution in [2.75, 3.05) is 11.9 Å². The third kappa shape index (κ3) is 4.26. The molecule has 0 aromatic carbocycles. The number of rotatable bonds is 4. The van der Waals surface area contributed by atoms with Crippen LogP contribution in [0.1, 0.15) is 5.69 Å². The fourth-order valence-electron chi connectivity index (χ4n) is 1.45. The summed E-state index contributed by atoms with van der Waals surface area (Å²) in [6.45, 7) is 0.598. The zero-order valence-corrected chi connectivity index (χ0v) is 12.6. The zero-order chi connectivity index (χ0) is 14.4. The van der Waals surface area contributed by atoms with E-state index in [4.69, 9.17) is 35.4 Å². The number of hydrogen-bond acceptors (Lipinski definition) is 4. The Labute approximate surface area is 131 Å². The summed E-state index contributed by atoms with van der Waals surface area (Å²) in [5, 5.41) is 15.0. The maximum absolute atomic E-state index is 6.02. The highest BCUT2D eigenvalue weighted by atomic mass is 35.5. The molecule has 0 aliphatic carbocycles. The van der Waals surface area contributed by atoms with Crippen LogP contribution in [0.3, 0.4) is 0 Å². The quantitative estimate of drug-likeness (QED) is 0.842. The molecule has 2 rings (SSSR count). The summed E-state index contributed by atoms with van der Waals surface area (Å²) < 4.78 is 0. The Hall–Kier alpha value is -1.50. The number of thiocarbonyl (C=S) groups is 1. The molecular formula is C12H11Cl2N5S. The van der Waals surface area contributed by atoms with Crippen LogP contribution in [0.25, 0.3) is 0 Å². The minimum atomic E-state index is 0.416. The molecule has 0 radical (unpaired) electrons. The summed E-state index contributed by atoms with van der Waals surface area (Å²) in [6.07, 6.45) is 3.87. The summed E-state index contributed by atoms with van der Waals surface area (Å²) in [5.74, 6) is 0.419. The van der Waals surface area contributed by atoms with E-state index in [1.54, 1.807) is 24.4 Å². The normalized spacial score (nSPS) is 10.1. The van der Waals surface area contributed by atoms with Gasteiger partial charge in [-0.25, -0.2) is 0 Å². The first kappa shape index (κ1) is 14.9. The van der Waals surface area contributed by atoms with Crippen molar-refractivity contribution in [1.29, 1.82) is 0 Å². The van der Waals surface area contributed by atoms with E-state index in [1.165, 1.54) is 6.20 Å². The minimum absolute atomic E-state index is 0.416. The summed E-state index contributed by atoms with van der Waals surface area (Å²) in [7, 11) is 0. The first-order chi connectivity index (χ1) is 9.66. The number of anilines is 1. The molecule has 0 saturated carbocycles. The fourth-order valence-corrected chi connectivity index (χ4v) is 2.01. The first-order valence-corrected chi connectivity index (χ1v) is 6.94. The molecule has 0 saturated heterocycles. The largest absolute Gasteiger partial charge is 0.362 e. The number of hydrogen-bond donors (Lipinski definition) is 2. The Bertz CT molecular complexity index is 608. The van der Waals surface area contributed by atoms with Gasteiger partial charge in [-0.3, -0.25) is 4.98 Å². The van der Waals surface area contributed by atoms with E-state index in [-0.39, 0.29) is 0 Å². The second-order valence-corrected chi connectivity index (χ2v) is 5.01. The van der Waals surface area contributed by atoms with Crippen molar-refractivity contribution in [1.82, 2.24) is 20.5 Å². The lowest BCUT2D eigenvalue weighted by Crippen LogP contribution is -2.30. The average Bonchev–Trinajstić information content (AvgIpc) is 2.43. The number of pyridine rings is 1. The second-order valence-electron chi connectivity index (χ2n) is 3.79. The lowest BCUT2D eigenvalue weighted by Gasteiger charge is -2.10. The van der Waals surface area contributed by atoms with Gasteiger partial charge in [0.25, 0.3) is 0 Å². The molecule has 0 amide bonds.